The minimum Gasteiger partial charge on any atom is -0.436 e. The molecule has 0 saturated carbocycles. The molecule has 0 aliphatic carbocycles. The van der Waals surface area contributed by atoms with Crippen molar-refractivity contribution in [3.63, 3.8) is 0 Å². The van der Waals surface area contributed by atoms with Gasteiger partial charge in [0.1, 0.15) is 5.52 Å². The number of benzene rings is 3. The number of carbonyl (C=O) groups excluding carboxylic acids is 1. The van der Waals surface area contributed by atoms with Crippen LogP contribution in [0.3, 0.4) is 0 Å². The molecule has 0 radical (unpaired) electrons. The Hall–Kier alpha value is -3.40. The van der Waals surface area contributed by atoms with Gasteiger partial charge in [0.15, 0.2) is 5.58 Å². The predicted molar refractivity (Wildman–Crippen MR) is 113 cm³/mol. The van der Waals surface area contributed by atoms with Crippen molar-refractivity contribution in [3.05, 3.63) is 83.4 Å². The second kappa shape index (κ2) is 7.31. The second-order valence-electron chi connectivity index (χ2n) is 7.25. The largest absolute Gasteiger partial charge is 0.436 e. The minimum atomic E-state index is -0.141. The van der Waals surface area contributed by atoms with Crippen LogP contribution < -0.4 is 5.32 Å². The van der Waals surface area contributed by atoms with Gasteiger partial charge in [-0.25, -0.2) is 4.98 Å². The molecule has 0 spiro atoms. The molecule has 0 unspecified atom stereocenters. The number of oxazole rings is 1. The topological polar surface area (TPSA) is 55.1 Å². The molecule has 4 heteroatoms. The van der Waals surface area contributed by atoms with Crippen molar-refractivity contribution >= 4 is 22.7 Å². The van der Waals surface area contributed by atoms with E-state index in [1.165, 1.54) is 5.56 Å². The number of nitrogens with one attached hydrogen (secondary N) is 1. The maximum Gasteiger partial charge on any atom is 0.255 e. The van der Waals surface area contributed by atoms with Gasteiger partial charge in [0.05, 0.1) is 0 Å². The average molecular weight is 370 g/mol. The molecule has 1 aromatic heterocycles. The van der Waals surface area contributed by atoms with E-state index in [0.29, 0.717) is 34.2 Å². The van der Waals surface area contributed by atoms with Crippen LogP contribution in [-0.4, -0.2) is 10.9 Å². The van der Waals surface area contributed by atoms with Crippen molar-refractivity contribution in [3.8, 4) is 11.5 Å². The van der Waals surface area contributed by atoms with Crippen LogP contribution in [0.5, 0.6) is 0 Å². The van der Waals surface area contributed by atoms with Crippen LogP contribution in [-0.2, 0) is 0 Å². The highest BCUT2D eigenvalue weighted by Gasteiger charge is 2.12. The zero-order valence-electron chi connectivity index (χ0n) is 16.2. The van der Waals surface area contributed by atoms with Gasteiger partial charge in [0, 0.05) is 16.8 Å². The Labute approximate surface area is 164 Å². The maximum atomic E-state index is 12.5. The number of hydrogen-bond acceptors (Lipinski definition) is 3. The Morgan fingerprint density at radius 3 is 2.46 bits per heavy atom. The summed E-state index contributed by atoms with van der Waals surface area (Å²) in [6, 6.07) is 21.2. The zero-order valence-corrected chi connectivity index (χ0v) is 16.2. The lowest BCUT2D eigenvalue weighted by molar-refractivity contribution is 0.102. The third kappa shape index (κ3) is 3.54. The van der Waals surface area contributed by atoms with E-state index in [-0.39, 0.29) is 5.91 Å². The van der Waals surface area contributed by atoms with Gasteiger partial charge in [0.2, 0.25) is 5.89 Å². The fourth-order valence-corrected chi connectivity index (χ4v) is 3.16. The van der Waals surface area contributed by atoms with Crippen molar-refractivity contribution in [1.29, 1.82) is 0 Å². The Balaban J connectivity index is 1.58. The fourth-order valence-electron chi connectivity index (χ4n) is 3.16. The number of rotatable bonds is 4. The van der Waals surface area contributed by atoms with E-state index in [2.05, 4.69) is 24.1 Å². The van der Waals surface area contributed by atoms with E-state index < -0.39 is 0 Å². The van der Waals surface area contributed by atoms with Gasteiger partial charge in [-0.1, -0.05) is 44.2 Å². The summed E-state index contributed by atoms with van der Waals surface area (Å²) in [4.78, 5) is 17.1. The van der Waals surface area contributed by atoms with Gasteiger partial charge in [-0.2, -0.15) is 0 Å². The Kier molecular flexibility index (Phi) is 4.70. The molecule has 0 bridgehead atoms. The van der Waals surface area contributed by atoms with E-state index in [0.717, 1.165) is 11.1 Å². The third-order valence-corrected chi connectivity index (χ3v) is 4.86. The molecule has 4 nitrogen and oxygen atoms in total. The van der Waals surface area contributed by atoms with Gasteiger partial charge in [-0.05, 0) is 60.4 Å². The summed E-state index contributed by atoms with van der Waals surface area (Å²) < 4.78 is 5.89. The van der Waals surface area contributed by atoms with Crippen LogP contribution in [0.1, 0.15) is 41.3 Å². The summed E-state index contributed by atoms with van der Waals surface area (Å²) in [5, 5.41) is 2.94. The van der Waals surface area contributed by atoms with Gasteiger partial charge >= 0.3 is 0 Å². The maximum absolute atomic E-state index is 12.5. The molecule has 4 aromatic rings. The van der Waals surface area contributed by atoms with Crippen molar-refractivity contribution < 1.29 is 9.21 Å². The molecule has 1 N–H and O–H groups in total. The van der Waals surface area contributed by atoms with E-state index in [1.54, 1.807) is 0 Å². The van der Waals surface area contributed by atoms with Gasteiger partial charge in [-0.3, -0.25) is 4.79 Å². The Bertz CT molecular complexity index is 1140. The van der Waals surface area contributed by atoms with Gasteiger partial charge in [0.25, 0.3) is 5.91 Å². The van der Waals surface area contributed by atoms with Crippen LogP contribution in [0.15, 0.2) is 71.1 Å². The summed E-state index contributed by atoms with van der Waals surface area (Å²) in [7, 11) is 0. The molecule has 3 aromatic carbocycles. The van der Waals surface area contributed by atoms with Crippen molar-refractivity contribution in [2.75, 3.05) is 5.32 Å². The predicted octanol–water partition coefficient (Wildman–Crippen LogP) is 6.18. The standard InChI is InChI=1S/C24H22N2O2/c1-15(2)17-8-10-18(11-9-17)23(27)25-19-12-13-22-21(14-19)26-24(28-22)20-7-5-4-6-16(20)3/h4-15H,1-3H3,(H,25,27). The summed E-state index contributed by atoms with van der Waals surface area (Å²) in [6.07, 6.45) is 0. The van der Waals surface area contributed by atoms with Crippen LogP contribution in [0.4, 0.5) is 5.69 Å². The number of aryl methyl sites for hydroxylation is 1. The molecule has 0 aliphatic heterocycles. The lowest BCUT2D eigenvalue weighted by atomic mass is 10.0. The number of nitrogens with zero attached hydrogens (tertiary/aromatic N) is 1. The first kappa shape index (κ1) is 18.0. The number of fused-ring (bicyclic) bond motifs is 1. The molecule has 1 amide bonds. The van der Waals surface area contributed by atoms with Crippen LogP contribution in [0.25, 0.3) is 22.6 Å². The highest BCUT2D eigenvalue weighted by molar-refractivity contribution is 6.05. The zero-order chi connectivity index (χ0) is 19.7. The molecule has 1 heterocycles. The van der Waals surface area contributed by atoms with Gasteiger partial charge in [-0.15, -0.1) is 0 Å². The number of aromatic nitrogens is 1. The summed E-state index contributed by atoms with van der Waals surface area (Å²) >= 11 is 0. The summed E-state index contributed by atoms with van der Waals surface area (Å²) in [5.41, 5.74) is 6.01. The molecule has 4 rings (SSSR count). The van der Waals surface area contributed by atoms with Crippen LogP contribution >= 0.6 is 0 Å². The lowest BCUT2D eigenvalue weighted by Crippen LogP contribution is -2.11. The van der Waals surface area contributed by atoms with E-state index >= 15 is 0 Å². The lowest BCUT2D eigenvalue weighted by Gasteiger charge is -2.08. The molecular formula is C24H22N2O2. The minimum absolute atomic E-state index is 0.141. The molecule has 0 atom stereocenters. The molecule has 0 saturated heterocycles. The Morgan fingerprint density at radius 2 is 1.75 bits per heavy atom. The first-order valence-corrected chi connectivity index (χ1v) is 9.39. The quantitative estimate of drug-likeness (QED) is 0.467. The van der Waals surface area contributed by atoms with Crippen molar-refractivity contribution in [2.24, 2.45) is 0 Å². The number of amides is 1. The molecular weight excluding hydrogens is 348 g/mol. The first-order valence-electron chi connectivity index (χ1n) is 9.39. The second-order valence-corrected chi connectivity index (χ2v) is 7.25. The average Bonchev–Trinajstić information content (AvgIpc) is 3.11. The molecule has 0 fully saturated rings. The normalized spacial score (nSPS) is 11.1. The third-order valence-electron chi connectivity index (χ3n) is 4.86. The number of anilines is 1. The molecule has 28 heavy (non-hydrogen) atoms. The highest BCUT2D eigenvalue weighted by Crippen LogP contribution is 2.28. The van der Waals surface area contributed by atoms with Gasteiger partial charge < -0.3 is 9.73 Å². The van der Waals surface area contributed by atoms with Crippen LogP contribution in [0.2, 0.25) is 0 Å². The summed E-state index contributed by atoms with van der Waals surface area (Å²) in [6.45, 7) is 6.29. The molecule has 0 aliphatic rings. The van der Waals surface area contributed by atoms with E-state index in [1.807, 2.05) is 73.7 Å². The SMILES string of the molecule is Cc1ccccc1-c1nc2cc(NC(=O)c3ccc(C(C)C)cc3)ccc2o1. The van der Waals surface area contributed by atoms with Crippen molar-refractivity contribution in [2.45, 2.75) is 26.7 Å². The van der Waals surface area contributed by atoms with E-state index in [4.69, 9.17) is 4.42 Å². The summed E-state index contributed by atoms with van der Waals surface area (Å²) in [5.74, 6) is 0.882. The van der Waals surface area contributed by atoms with Crippen molar-refractivity contribution in [1.82, 2.24) is 4.98 Å². The molecule has 140 valence electrons. The van der Waals surface area contributed by atoms with Crippen LogP contribution in [0, 0.1) is 6.92 Å². The monoisotopic (exact) mass is 370 g/mol. The van der Waals surface area contributed by atoms with E-state index in [9.17, 15) is 4.79 Å². The fraction of sp³-hybridized carbons (Fsp3) is 0.167. The number of carbonyl (C=O) groups is 1. The number of hydrogen-bond donors (Lipinski definition) is 1. The highest BCUT2D eigenvalue weighted by atomic mass is 16.3. The first-order chi connectivity index (χ1) is 13.5. The Morgan fingerprint density at radius 1 is 1.00 bits per heavy atom. The smallest absolute Gasteiger partial charge is 0.255 e.